The lowest BCUT2D eigenvalue weighted by Crippen LogP contribution is -2.44. The fraction of sp³-hybridized carbons (Fsp3) is 0.355. The highest BCUT2D eigenvalue weighted by Gasteiger charge is 2.25. The van der Waals surface area contributed by atoms with Crippen molar-refractivity contribution in [1.29, 1.82) is 0 Å². The SMILES string of the molecule is C=CC(=O)Nc1cc(Nc2cc(-c3ccc4cnn(C)c4c3)ncn2)c(OC)cc1N(C)C1CCN(CCOC)CC1. The van der Waals surface area contributed by atoms with E-state index >= 15 is 0 Å². The molecule has 1 amide bonds. The van der Waals surface area contributed by atoms with Gasteiger partial charge in [0, 0.05) is 70.0 Å². The van der Waals surface area contributed by atoms with E-state index in [1.54, 1.807) is 14.2 Å². The van der Waals surface area contributed by atoms with Gasteiger partial charge in [0.1, 0.15) is 17.9 Å². The number of nitrogens with one attached hydrogen (secondary N) is 2. The number of amides is 1. The number of fused-ring (bicyclic) bond motifs is 1. The summed E-state index contributed by atoms with van der Waals surface area (Å²) in [7, 11) is 7.35. The fourth-order valence-electron chi connectivity index (χ4n) is 5.38. The van der Waals surface area contributed by atoms with Crippen LogP contribution >= 0.6 is 0 Å². The molecule has 2 aromatic heterocycles. The molecule has 0 saturated carbocycles. The summed E-state index contributed by atoms with van der Waals surface area (Å²) in [5.74, 6) is 0.932. The Bertz CT molecular complexity index is 1560. The highest BCUT2D eigenvalue weighted by atomic mass is 16.5. The topological polar surface area (TPSA) is 110 Å². The number of rotatable bonds is 11. The van der Waals surface area contributed by atoms with Gasteiger partial charge in [0.15, 0.2) is 0 Å². The first-order valence-corrected chi connectivity index (χ1v) is 14.0. The Hall–Kier alpha value is -4.48. The van der Waals surface area contributed by atoms with Gasteiger partial charge in [0.05, 0.1) is 48.2 Å². The lowest BCUT2D eigenvalue weighted by atomic mass is 10.0. The second-order valence-corrected chi connectivity index (χ2v) is 10.4. The van der Waals surface area contributed by atoms with Crippen molar-refractivity contribution in [3.63, 3.8) is 0 Å². The average Bonchev–Trinajstić information content (AvgIpc) is 3.39. The highest BCUT2D eigenvalue weighted by Crippen LogP contribution is 2.40. The number of carbonyl (C=O) groups is 1. The molecule has 0 aliphatic carbocycles. The number of benzene rings is 2. The summed E-state index contributed by atoms with van der Waals surface area (Å²) in [5, 5.41) is 11.8. The third kappa shape index (κ3) is 6.37. The minimum Gasteiger partial charge on any atom is -0.494 e. The van der Waals surface area contributed by atoms with Crippen LogP contribution in [0.5, 0.6) is 5.75 Å². The summed E-state index contributed by atoms with van der Waals surface area (Å²) < 4.78 is 12.9. The van der Waals surface area contributed by atoms with Crippen LogP contribution in [-0.2, 0) is 16.6 Å². The standard InChI is InChI=1S/C31H38N8O3/c1-6-31(40)36-25-16-26(29(42-5)18-28(25)37(2)23-9-11-39(12-10-23)13-14-41-4)35-30-17-24(32-20-33-30)21-7-8-22-19-34-38(3)27(22)15-21/h6-8,15-20,23H,1,9-14H2,2-5H3,(H,36,40)(H,32,33,35). The van der Waals surface area contributed by atoms with Crippen molar-refractivity contribution in [2.24, 2.45) is 7.05 Å². The molecule has 4 aromatic rings. The lowest BCUT2D eigenvalue weighted by Gasteiger charge is -2.38. The van der Waals surface area contributed by atoms with Crippen LogP contribution in [0.1, 0.15) is 12.8 Å². The maximum absolute atomic E-state index is 12.5. The molecule has 42 heavy (non-hydrogen) atoms. The molecular formula is C31H38N8O3. The van der Waals surface area contributed by atoms with Crippen LogP contribution in [0.15, 0.2) is 61.6 Å². The number of ether oxygens (including phenoxy) is 2. The third-order valence-corrected chi connectivity index (χ3v) is 7.83. The zero-order chi connectivity index (χ0) is 29.6. The predicted molar refractivity (Wildman–Crippen MR) is 167 cm³/mol. The minimum absolute atomic E-state index is 0.287. The van der Waals surface area contributed by atoms with Crippen LogP contribution in [-0.4, -0.2) is 84.1 Å². The van der Waals surface area contributed by atoms with E-state index in [9.17, 15) is 4.79 Å². The second kappa shape index (κ2) is 13.0. The Morgan fingerprint density at radius 1 is 1.14 bits per heavy atom. The number of aromatic nitrogens is 4. The molecule has 1 aliphatic rings. The van der Waals surface area contributed by atoms with Gasteiger partial charge in [-0.1, -0.05) is 18.7 Å². The number of nitrogens with zero attached hydrogens (tertiary/aromatic N) is 6. The van der Waals surface area contributed by atoms with Crippen molar-refractivity contribution in [3.05, 3.63) is 61.6 Å². The van der Waals surface area contributed by atoms with E-state index in [0.717, 1.165) is 66.9 Å². The predicted octanol–water partition coefficient (Wildman–Crippen LogP) is 4.45. The quantitative estimate of drug-likeness (QED) is 0.253. The Morgan fingerprint density at radius 2 is 1.95 bits per heavy atom. The van der Waals surface area contributed by atoms with Gasteiger partial charge in [-0.15, -0.1) is 0 Å². The van der Waals surface area contributed by atoms with Crippen LogP contribution in [0, 0.1) is 0 Å². The zero-order valence-corrected chi connectivity index (χ0v) is 24.6. The Balaban J connectivity index is 1.42. The van der Waals surface area contributed by atoms with Crippen molar-refractivity contribution in [2.75, 3.05) is 63.0 Å². The van der Waals surface area contributed by atoms with Crippen LogP contribution in [0.25, 0.3) is 22.2 Å². The molecular weight excluding hydrogens is 532 g/mol. The number of aryl methyl sites for hydroxylation is 1. The summed E-state index contributed by atoms with van der Waals surface area (Å²) in [4.78, 5) is 26.1. The largest absolute Gasteiger partial charge is 0.494 e. The van der Waals surface area contributed by atoms with Gasteiger partial charge < -0.3 is 29.9 Å². The van der Waals surface area contributed by atoms with E-state index < -0.39 is 0 Å². The molecule has 3 heterocycles. The summed E-state index contributed by atoms with van der Waals surface area (Å²) in [6, 6.07) is 12.1. The van der Waals surface area contributed by atoms with Gasteiger partial charge >= 0.3 is 0 Å². The molecule has 5 rings (SSSR count). The van der Waals surface area contributed by atoms with E-state index in [-0.39, 0.29) is 5.91 Å². The highest BCUT2D eigenvalue weighted by molar-refractivity contribution is 6.02. The zero-order valence-electron chi connectivity index (χ0n) is 24.6. The van der Waals surface area contributed by atoms with E-state index in [0.29, 0.717) is 29.0 Å². The number of piperidine rings is 1. The monoisotopic (exact) mass is 570 g/mol. The van der Waals surface area contributed by atoms with Crippen molar-refractivity contribution in [3.8, 4) is 17.0 Å². The van der Waals surface area contributed by atoms with Crippen LogP contribution < -0.4 is 20.3 Å². The van der Waals surface area contributed by atoms with Crippen LogP contribution in [0.4, 0.5) is 22.9 Å². The molecule has 1 saturated heterocycles. The number of anilines is 4. The van der Waals surface area contributed by atoms with Gasteiger partial charge in [-0.2, -0.15) is 5.10 Å². The maximum Gasteiger partial charge on any atom is 0.247 e. The summed E-state index contributed by atoms with van der Waals surface area (Å²) in [6.45, 7) is 7.29. The molecule has 0 spiro atoms. The number of hydrogen-bond donors (Lipinski definition) is 2. The average molecular weight is 571 g/mol. The third-order valence-electron chi connectivity index (χ3n) is 7.83. The normalized spacial score (nSPS) is 14.1. The number of hydrogen-bond acceptors (Lipinski definition) is 9. The molecule has 0 atom stereocenters. The van der Waals surface area contributed by atoms with Gasteiger partial charge in [0.2, 0.25) is 5.91 Å². The summed E-state index contributed by atoms with van der Waals surface area (Å²) >= 11 is 0. The molecule has 0 radical (unpaired) electrons. The fourth-order valence-corrected chi connectivity index (χ4v) is 5.38. The maximum atomic E-state index is 12.5. The van der Waals surface area contributed by atoms with E-state index in [1.807, 2.05) is 48.3 Å². The smallest absolute Gasteiger partial charge is 0.247 e. The van der Waals surface area contributed by atoms with Gasteiger partial charge in [-0.05, 0) is 31.1 Å². The second-order valence-electron chi connectivity index (χ2n) is 10.4. The van der Waals surface area contributed by atoms with Gasteiger partial charge in [-0.3, -0.25) is 9.48 Å². The Labute approximate surface area is 246 Å². The lowest BCUT2D eigenvalue weighted by molar-refractivity contribution is -0.111. The van der Waals surface area contributed by atoms with Crippen molar-refractivity contribution in [1.82, 2.24) is 24.6 Å². The van der Waals surface area contributed by atoms with Crippen LogP contribution in [0.3, 0.4) is 0 Å². The van der Waals surface area contributed by atoms with Crippen molar-refractivity contribution < 1.29 is 14.3 Å². The number of carbonyl (C=O) groups excluding carboxylic acids is 1. The number of methoxy groups -OCH3 is 2. The molecule has 0 bridgehead atoms. The first-order valence-electron chi connectivity index (χ1n) is 14.0. The molecule has 2 aromatic carbocycles. The molecule has 0 unspecified atom stereocenters. The molecule has 220 valence electrons. The molecule has 2 N–H and O–H groups in total. The van der Waals surface area contributed by atoms with Crippen LogP contribution in [0.2, 0.25) is 0 Å². The molecule has 11 nitrogen and oxygen atoms in total. The summed E-state index contributed by atoms with van der Waals surface area (Å²) in [5.41, 5.74) is 4.93. The van der Waals surface area contributed by atoms with E-state index in [1.165, 1.54) is 12.4 Å². The first kappa shape index (κ1) is 29.0. The van der Waals surface area contributed by atoms with Gasteiger partial charge in [0.25, 0.3) is 0 Å². The Morgan fingerprint density at radius 3 is 2.69 bits per heavy atom. The van der Waals surface area contributed by atoms with E-state index in [2.05, 4.69) is 55.2 Å². The molecule has 1 fully saturated rings. The number of likely N-dealkylation sites (tertiary alicyclic amines) is 1. The van der Waals surface area contributed by atoms with Crippen molar-refractivity contribution in [2.45, 2.75) is 18.9 Å². The van der Waals surface area contributed by atoms with E-state index in [4.69, 9.17) is 9.47 Å². The van der Waals surface area contributed by atoms with Gasteiger partial charge in [-0.25, -0.2) is 9.97 Å². The summed E-state index contributed by atoms with van der Waals surface area (Å²) in [6.07, 6.45) is 6.65. The molecule has 11 heteroatoms. The molecule has 1 aliphatic heterocycles. The minimum atomic E-state index is -0.287. The van der Waals surface area contributed by atoms with Crippen molar-refractivity contribution >= 4 is 39.7 Å². The Kier molecular flexibility index (Phi) is 8.99. The first-order chi connectivity index (χ1) is 20.4.